The molecule has 0 bridgehead atoms. The van der Waals surface area contributed by atoms with Crippen LogP contribution in [0.1, 0.15) is 32.6 Å². The minimum atomic E-state index is -0.935. The van der Waals surface area contributed by atoms with E-state index in [2.05, 4.69) is 17.6 Å². The lowest BCUT2D eigenvalue weighted by molar-refractivity contribution is -0.142. The molecule has 1 heterocycles. The first-order chi connectivity index (χ1) is 7.66. The lowest BCUT2D eigenvalue weighted by Gasteiger charge is -2.26. The van der Waals surface area contributed by atoms with Crippen LogP contribution < -0.4 is 10.6 Å². The number of piperidine rings is 1. The van der Waals surface area contributed by atoms with E-state index >= 15 is 0 Å². The number of amides is 2. The van der Waals surface area contributed by atoms with Crippen LogP contribution in [0.2, 0.25) is 0 Å². The molecule has 16 heavy (non-hydrogen) atoms. The van der Waals surface area contributed by atoms with Gasteiger partial charge in [-0.15, -0.1) is 0 Å². The van der Waals surface area contributed by atoms with Crippen LogP contribution in [-0.4, -0.2) is 36.1 Å². The Balaban J connectivity index is 2.36. The molecule has 1 aliphatic rings. The number of carbonyl (C=O) groups is 2. The minimum Gasteiger partial charge on any atom is -0.392 e. The number of nitrogens with one attached hydrogen (secondary N) is 2. The molecule has 0 aromatic rings. The number of rotatable bonds is 5. The molecule has 2 atom stereocenters. The van der Waals surface area contributed by atoms with Crippen LogP contribution in [0, 0.1) is 5.92 Å². The molecule has 5 nitrogen and oxygen atoms in total. The zero-order valence-electron chi connectivity index (χ0n) is 9.66. The van der Waals surface area contributed by atoms with Gasteiger partial charge in [0, 0.05) is 13.1 Å². The van der Waals surface area contributed by atoms with Gasteiger partial charge in [0.1, 0.15) is 5.92 Å². The van der Waals surface area contributed by atoms with Gasteiger partial charge in [-0.2, -0.15) is 0 Å². The van der Waals surface area contributed by atoms with E-state index < -0.39 is 12.0 Å². The Bertz CT molecular complexity index is 256. The maximum atomic E-state index is 11.7. The fourth-order valence-corrected chi connectivity index (χ4v) is 1.78. The predicted molar refractivity (Wildman–Crippen MR) is 59.7 cm³/mol. The maximum absolute atomic E-state index is 11.7. The third-order valence-corrected chi connectivity index (χ3v) is 2.77. The van der Waals surface area contributed by atoms with Gasteiger partial charge in [-0.1, -0.05) is 19.8 Å². The highest BCUT2D eigenvalue weighted by atomic mass is 16.3. The first-order valence-corrected chi connectivity index (χ1v) is 5.90. The monoisotopic (exact) mass is 228 g/mol. The van der Waals surface area contributed by atoms with Crippen molar-refractivity contribution in [3.05, 3.63) is 0 Å². The van der Waals surface area contributed by atoms with Crippen LogP contribution in [-0.2, 0) is 9.59 Å². The lowest BCUT2D eigenvalue weighted by atomic mass is 9.94. The standard InChI is InChI=1S/C11H20N2O3/c1-2-3-4-6-12-10(15)9-8(14)5-7-13-11(9)16/h8-9,14H,2-7H2,1H3,(H,12,15)(H,13,16). The fraction of sp³-hybridized carbons (Fsp3) is 0.818. The van der Waals surface area contributed by atoms with E-state index in [1.165, 1.54) is 0 Å². The molecule has 2 amide bonds. The van der Waals surface area contributed by atoms with E-state index in [1.54, 1.807) is 0 Å². The molecule has 0 aromatic carbocycles. The minimum absolute atomic E-state index is 0.360. The van der Waals surface area contributed by atoms with Crippen molar-refractivity contribution in [3.63, 3.8) is 0 Å². The summed E-state index contributed by atoms with van der Waals surface area (Å²) < 4.78 is 0. The van der Waals surface area contributed by atoms with Crippen molar-refractivity contribution in [2.24, 2.45) is 5.92 Å². The summed E-state index contributed by atoms with van der Waals surface area (Å²) in [7, 11) is 0. The second-order valence-corrected chi connectivity index (χ2v) is 4.12. The Morgan fingerprint density at radius 2 is 2.31 bits per heavy atom. The Kier molecular flexibility index (Phi) is 5.25. The van der Waals surface area contributed by atoms with Gasteiger partial charge in [-0.25, -0.2) is 0 Å². The van der Waals surface area contributed by atoms with E-state index in [0.29, 0.717) is 19.5 Å². The Hall–Kier alpha value is -1.10. The van der Waals surface area contributed by atoms with E-state index in [4.69, 9.17) is 0 Å². The highest BCUT2D eigenvalue weighted by molar-refractivity contribution is 6.01. The van der Waals surface area contributed by atoms with Crippen molar-refractivity contribution in [3.8, 4) is 0 Å². The second-order valence-electron chi connectivity index (χ2n) is 4.12. The summed E-state index contributed by atoms with van der Waals surface area (Å²) in [6.45, 7) is 3.10. The first-order valence-electron chi connectivity index (χ1n) is 5.90. The van der Waals surface area contributed by atoms with Crippen molar-refractivity contribution in [2.75, 3.05) is 13.1 Å². The van der Waals surface area contributed by atoms with E-state index in [0.717, 1.165) is 19.3 Å². The van der Waals surface area contributed by atoms with Crippen molar-refractivity contribution in [1.29, 1.82) is 0 Å². The molecule has 1 rings (SSSR count). The molecule has 0 radical (unpaired) electrons. The van der Waals surface area contributed by atoms with Crippen LogP contribution in [0.15, 0.2) is 0 Å². The molecule has 0 aromatic heterocycles. The Morgan fingerprint density at radius 3 is 2.94 bits per heavy atom. The van der Waals surface area contributed by atoms with Crippen LogP contribution in [0.25, 0.3) is 0 Å². The number of unbranched alkanes of at least 4 members (excludes halogenated alkanes) is 2. The van der Waals surface area contributed by atoms with E-state index in [9.17, 15) is 14.7 Å². The fourth-order valence-electron chi connectivity index (χ4n) is 1.78. The largest absolute Gasteiger partial charge is 0.392 e. The van der Waals surface area contributed by atoms with Gasteiger partial charge >= 0.3 is 0 Å². The summed E-state index contributed by atoms with van der Waals surface area (Å²) in [6.07, 6.45) is 2.65. The zero-order valence-corrected chi connectivity index (χ0v) is 9.66. The van der Waals surface area contributed by atoms with Crippen LogP contribution in [0.5, 0.6) is 0 Å². The molecular weight excluding hydrogens is 208 g/mol. The van der Waals surface area contributed by atoms with Gasteiger partial charge in [-0.05, 0) is 12.8 Å². The third kappa shape index (κ3) is 3.48. The topological polar surface area (TPSA) is 78.4 Å². The van der Waals surface area contributed by atoms with Crippen molar-refractivity contribution >= 4 is 11.8 Å². The molecular formula is C11H20N2O3. The van der Waals surface area contributed by atoms with Crippen LogP contribution >= 0.6 is 0 Å². The molecule has 0 aliphatic carbocycles. The van der Waals surface area contributed by atoms with Crippen LogP contribution in [0.3, 0.4) is 0 Å². The molecule has 1 fully saturated rings. The van der Waals surface area contributed by atoms with Gasteiger partial charge in [0.15, 0.2) is 0 Å². The van der Waals surface area contributed by atoms with E-state index in [1.807, 2.05) is 0 Å². The molecule has 2 unspecified atom stereocenters. The van der Waals surface area contributed by atoms with Crippen molar-refractivity contribution in [2.45, 2.75) is 38.7 Å². The first kappa shape index (κ1) is 13.0. The van der Waals surface area contributed by atoms with Gasteiger partial charge in [0.2, 0.25) is 11.8 Å². The summed E-state index contributed by atoms with van der Waals surface area (Å²) in [6, 6.07) is 0. The Morgan fingerprint density at radius 1 is 1.56 bits per heavy atom. The number of hydrogen-bond donors (Lipinski definition) is 3. The van der Waals surface area contributed by atoms with Crippen molar-refractivity contribution < 1.29 is 14.7 Å². The van der Waals surface area contributed by atoms with Crippen molar-refractivity contribution in [1.82, 2.24) is 10.6 Å². The molecule has 92 valence electrons. The molecule has 0 saturated carbocycles. The SMILES string of the molecule is CCCCCNC(=O)C1C(=O)NCCC1O. The predicted octanol–water partition coefficient (Wildman–Crippen LogP) is -0.210. The summed E-state index contributed by atoms with van der Waals surface area (Å²) >= 11 is 0. The van der Waals surface area contributed by atoms with E-state index in [-0.39, 0.29) is 11.8 Å². The Labute approximate surface area is 95.6 Å². The summed E-state index contributed by atoms with van der Waals surface area (Å²) in [4.78, 5) is 23.1. The summed E-state index contributed by atoms with van der Waals surface area (Å²) in [5, 5.41) is 14.9. The van der Waals surface area contributed by atoms with Crippen LogP contribution in [0.4, 0.5) is 0 Å². The number of hydrogen-bond acceptors (Lipinski definition) is 3. The lowest BCUT2D eigenvalue weighted by Crippen LogP contribution is -2.52. The molecule has 1 aliphatic heterocycles. The molecule has 3 N–H and O–H groups in total. The highest BCUT2D eigenvalue weighted by Gasteiger charge is 2.36. The number of carbonyl (C=O) groups excluding carboxylic acids is 2. The average molecular weight is 228 g/mol. The smallest absolute Gasteiger partial charge is 0.235 e. The van der Waals surface area contributed by atoms with Gasteiger partial charge in [0.25, 0.3) is 0 Å². The zero-order chi connectivity index (χ0) is 12.0. The molecule has 1 saturated heterocycles. The van der Waals surface area contributed by atoms with Gasteiger partial charge < -0.3 is 15.7 Å². The van der Waals surface area contributed by atoms with Gasteiger partial charge in [0.05, 0.1) is 6.10 Å². The number of aliphatic hydroxyl groups excluding tert-OH is 1. The quantitative estimate of drug-likeness (QED) is 0.450. The summed E-state index contributed by atoms with van der Waals surface area (Å²) in [5.74, 6) is -1.66. The average Bonchev–Trinajstić information content (AvgIpc) is 2.24. The third-order valence-electron chi connectivity index (χ3n) is 2.77. The highest BCUT2D eigenvalue weighted by Crippen LogP contribution is 2.12. The second kappa shape index (κ2) is 6.48. The maximum Gasteiger partial charge on any atom is 0.235 e. The molecule has 5 heteroatoms. The number of aliphatic hydroxyl groups is 1. The normalized spacial score (nSPS) is 25.0. The summed E-state index contributed by atoms with van der Waals surface area (Å²) in [5.41, 5.74) is 0. The molecule has 0 spiro atoms. The van der Waals surface area contributed by atoms with Gasteiger partial charge in [-0.3, -0.25) is 9.59 Å².